The topological polar surface area (TPSA) is 77.2 Å². The predicted octanol–water partition coefficient (Wildman–Crippen LogP) is 1.76. The van der Waals surface area contributed by atoms with Crippen LogP contribution in [0.4, 0.5) is 0 Å². The zero-order valence-corrected chi connectivity index (χ0v) is 11.7. The molecule has 5 heteroatoms. The molecule has 0 aromatic rings. The van der Waals surface area contributed by atoms with E-state index in [0.29, 0.717) is 0 Å². The largest absolute Gasteiger partial charge is 0.303 e. The Morgan fingerprint density at radius 2 is 1.89 bits per heavy atom. The number of rotatable bonds is 5. The summed E-state index contributed by atoms with van der Waals surface area (Å²) in [6.45, 7) is 9.47. The number of sulfonamides is 1. The van der Waals surface area contributed by atoms with E-state index in [1.165, 1.54) is 12.2 Å². The first-order valence-corrected chi connectivity index (χ1v) is 7.22. The number of aldehydes is 1. The highest BCUT2D eigenvalue weighted by atomic mass is 32.2. The molecule has 0 aromatic heterocycles. The van der Waals surface area contributed by atoms with Gasteiger partial charge in [0.1, 0.15) is 6.29 Å². The van der Waals surface area contributed by atoms with E-state index >= 15 is 0 Å². The van der Waals surface area contributed by atoms with E-state index < -0.39 is 10.0 Å². The Bertz CT molecular complexity index is 526. The van der Waals surface area contributed by atoms with Crippen LogP contribution in [0.15, 0.2) is 35.3 Å². The van der Waals surface area contributed by atoms with Crippen LogP contribution < -0.4 is 5.14 Å². The normalized spacial score (nSPS) is 27.2. The summed E-state index contributed by atoms with van der Waals surface area (Å²) in [5.41, 5.74) is 0.654. The van der Waals surface area contributed by atoms with Crippen molar-refractivity contribution in [2.75, 3.05) is 0 Å². The molecule has 1 fully saturated rings. The Morgan fingerprint density at radius 1 is 1.33 bits per heavy atom. The molecule has 1 aliphatic rings. The second kappa shape index (κ2) is 4.82. The zero-order valence-electron chi connectivity index (χ0n) is 10.9. The molecule has 1 aliphatic carbocycles. The smallest absolute Gasteiger partial charge is 0.237 e. The molecule has 0 heterocycles. The number of nitrogens with two attached hydrogens (primary N) is 1. The summed E-state index contributed by atoms with van der Waals surface area (Å²) in [5, 5.41) is 5.04. The monoisotopic (exact) mass is 269 g/mol. The fourth-order valence-electron chi connectivity index (χ4n) is 2.29. The van der Waals surface area contributed by atoms with Crippen LogP contribution in [0.2, 0.25) is 0 Å². The Labute approximate surface area is 108 Å². The van der Waals surface area contributed by atoms with E-state index in [-0.39, 0.29) is 22.2 Å². The van der Waals surface area contributed by atoms with E-state index in [9.17, 15) is 13.2 Å². The fourth-order valence-corrected chi connectivity index (χ4v) is 2.87. The van der Waals surface area contributed by atoms with Crippen molar-refractivity contribution >= 4 is 16.3 Å². The quantitative estimate of drug-likeness (QED) is 0.610. The molecule has 0 aliphatic heterocycles. The Hall–Kier alpha value is -1.20. The molecule has 100 valence electrons. The molecular weight excluding hydrogens is 250 g/mol. The maximum atomic E-state index is 11.2. The summed E-state index contributed by atoms with van der Waals surface area (Å²) in [4.78, 5) is 10.9. The van der Waals surface area contributed by atoms with Gasteiger partial charge in [0, 0.05) is 5.92 Å². The van der Waals surface area contributed by atoms with Gasteiger partial charge in [-0.05, 0) is 24.3 Å². The van der Waals surface area contributed by atoms with Crippen molar-refractivity contribution in [3.8, 4) is 0 Å². The third kappa shape index (κ3) is 2.79. The van der Waals surface area contributed by atoms with Gasteiger partial charge in [-0.25, -0.2) is 13.6 Å². The molecule has 0 bridgehead atoms. The summed E-state index contributed by atoms with van der Waals surface area (Å²) in [5.74, 6) is 0.0306. The lowest BCUT2D eigenvalue weighted by atomic mass is 10.0. The number of hydrogen-bond donors (Lipinski definition) is 1. The number of allylic oxidation sites excluding steroid dienone is 4. The van der Waals surface area contributed by atoms with Gasteiger partial charge in [-0.3, -0.25) is 0 Å². The second-order valence-corrected chi connectivity index (χ2v) is 6.67. The summed E-state index contributed by atoms with van der Waals surface area (Å²) in [6, 6.07) is 0. The van der Waals surface area contributed by atoms with Gasteiger partial charge in [-0.15, -0.1) is 0 Å². The van der Waals surface area contributed by atoms with Crippen LogP contribution in [0, 0.1) is 17.3 Å². The Kier molecular flexibility index (Phi) is 3.98. The van der Waals surface area contributed by atoms with Gasteiger partial charge < -0.3 is 4.79 Å². The first-order valence-electron chi connectivity index (χ1n) is 5.67. The standard InChI is InChI=1S/C13H19NO3S/c1-5-10(18(14,16)17)7-6-9(2)12-11(8-15)13(12,3)4/h5-8,11-12H,2H2,1,3-4H3,(H2,14,16,17)/b7-6-,10-5+/t11-,12-/m1/s1. The van der Waals surface area contributed by atoms with Crippen LogP contribution >= 0.6 is 0 Å². The van der Waals surface area contributed by atoms with Crippen LogP contribution in [-0.2, 0) is 14.8 Å². The van der Waals surface area contributed by atoms with E-state index in [1.54, 1.807) is 13.0 Å². The highest BCUT2D eigenvalue weighted by Crippen LogP contribution is 2.60. The highest BCUT2D eigenvalue weighted by molar-refractivity contribution is 7.93. The molecule has 4 nitrogen and oxygen atoms in total. The van der Waals surface area contributed by atoms with E-state index in [2.05, 4.69) is 6.58 Å². The summed E-state index contributed by atoms with van der Waals surface area (Å²) in [7, 11) is -3.70. The minimum atomic E-state index is -3.70. The number of carbonyl (C=O) groups excluding carboxylic acids is 1. The molecule has 0 unspecified atom stereocenters. The fraction of sp³-hybridized carbons (Fsp3) is 0.462. The van der Waals surface area contributed by atoms with Gasteiger partial charge in [-0.2, -0.15) is 0 Å². The van der Waals surface area contributed by atoms with Gasteiger partial charge in [0.25, 0.3) is 0 Å². The SMILES string of the molecule is C=C(/C=C\C(=C/C)S(N)(=O)=O)[C@@H]1[C@@H](C=O)C1(C)C. The molecule has 0 radical (unpaired) electrons. The molecule has 1 saturated carbocycles. The van der Waals surface area contributed by atoms with Crippen molar-refractivity contribution < 1.29 is 13.2 Å². The lowest BCUT2D eigenvalue weighted by Gasteiger charge is -2.02. The maximum absolute atomic E-state index is 11.2. The van der Waals surface area contributed by atoms with Gasteiger partial charge in [-0.1, -0.05) is 38.2 Å². The first-order chi connectivity index (χ1) is 8.16. The lowest BCUT2D eigenvalue weighted by molar-refractivity contribution is -0.109. The molecule has 0 saturated heterocycles. The maximum Gasteiger partial charge on any atom is 0.237 e. The van der Waals surface area contributed by atoms with Gasteiger partial charge in [0.05, 0.1) is 4.91 Å². The van der Waals surface area contributed by atoms with Crippen molar-refractivity contribution in [1.82, 2.24) is 0 Å². The number of hydrogen-bond acceptors (Lipinski definition) is 3. The van der Waals surface area contributed by atoms with Crippen molar-refractivity contribution in [1.29, 1.82) is 0 Å². The van der Waals surface area contributed by atoms with Crippen LogP contribution in [0.5, 0.6) is 0 Å². The zero-order chi connectivity index (χ0) is 14.1. The molecule has 18 heavy (non-hydrogen) atoms. The average Bonchev–Trinajstić information content (AvgIpc) is 2.79. The molecule has 2 N–H and O–H groups in total. The number of carbonyl (C=O) groups is 1. The van der Waals surface area contributed by atoms with Gasteiger partial charge in [0.2, 0.25) is 10.0 Å². The molecule has 0 aromatic carbocycles. The Morgan fingerprint density at radius 3 is 2.22 bits per heavy atom. The highest BCUT2D eigenvalue weighted by Gasteiger charge is 2.58. The summed E-state index contributed by atoms with van der Waals surface area (Å²) < 4.78 is 22.4. The molecule has 1 rings (SSSR count). The minimum Gasteiger partial charge on any atom is -0.303 e. The third-order valence-corrected chi connectivity index (χ3v) is 4.56. The minimum absolute atomic E-state index is 0.0433. The van der Waals surface area contributed by atoms with Crippen molar-refractivity contribution in [2.24, 2.45) is 22.4 Å². The van der Waals surface area contributed by atoms with Crippen LogP contribution in [-0.4, -0.2) is 14.7 Å². The predicted molar refractivity (Wildman–Crippen MR) is 72.0 cm³/mol. The van der Waals surface area contributed by atoms with Crippen molar-refractivity contribution in [3.63, 3.8) is 0 Å². The van der Waals surface area contributed by atoms with E-state index in [4.69, 9.17) is 5.14 Å². The van der Waals surface area contributed by atoms with Crippen LogP contribution in [0.1, 0.15) is 20.8 Å². The van der Waals surface area contributed by atoms with Crippen molar-refractivity contribution in [3.05, 3.63) is 35.3 Å². The number of primary sulfonamides is 1. The lowest BCUT2D eigenvalue weighted by Crippen LogP contribution is -2.13. The summed E-state index contributed by atoms with van der Waals surface area (Å²) >= 11 is 0. The van der Waals surface area contributed by atoms with Gasteiger partial charge >= 0.3 is 0 Å². The molecule has 2 atom stereocenters. The van der Waals surface area contributed by atoms with E-state index in [0.717, 1.165) is 11.9 Å². The summed E-state index contributed by atoms with van der Waals surface area (Å²) in [6.07, 6.45) is 5.40. The van der Waals surface area contributed by atoms with E-state index in [1.807, 2.05) is 13.8 Å². The molecule has 0 spiro atoms. The third-order valence-electron chi connectivity index (χ3n) is 3.53. The first kappa shape index (κ1) is 14.9. The van der Waals surface area contributed by atoms with Crippen LogP contribution in [0.3, 0.4) is 0 Å². The van der Waals surface area contributed by atoms with Crippen molar-refractivity contribution in [2.45, 2.75) is 20.8 Å². The van der Waals surface area contributed by atoms with Crippen LogP contribution in [0.25, 0.3) is 0 Å². The van der Waals surface area contributed by atoms with Gasteiger partial charge in [0.15, 0.2) is 0 Å². The second-order valence-electron chi connectivity index (χ2n) is 5.11. The Balaban J connectivity index is 2.82. The average molecular weight is 269 g/mol. The molecule has 0 amide bonds. The molecular formula is C13H19NO3S.